The average molecular weight is 273 g/mol. The van der Waals surface area contributed by atoms with E-state index in [0.717, 1.165) is 38.8 Å². The van der Waals surface area contributed by atoms with Gasteiger partial charge in [-0.1, -0.05) is 31.9 Å². The standard InChI is InChI=1S/C11H23N5OS/c1-3-5-7-15(8-6-4-2)10(17)9-16-11(18)12-13-14-16/h11,18H,3-9H2,1-2H3,(H,12,14). The molecule has 1 aliphatic rings. The lowest BCUT2D eigenvalue weighted by Crippen LogP contribution is -2.45. The van der Waals surface area contributed by atoms with Gasteiger partial charge in [-0.2, -0.15) is 5.01 Å². The van der Waals surface area contributed by atoms with E-state index in [4.69, 9.17) is 0 Å². The van der Waals surface area contributed by atoms with Crippen molar-refractivity contribution < 1.29 is 4.79 Å². The fourth-order valence-electron chi connectivity index (χ4n) is 1.67. The van der Waals surface area contributed by atoms with Crippen LogP contribution >= 0.6 is 12.6 Å². The second kappa shape index (κ2) is 8.31. The van der Waals surface area contributed by atoms with E-state index in [1.165, 1.54) is 0 Å². The van der Waals surface area contributed by atoms with Crippen LogP contribution in [0.5, 0.6) is 0 Å². The molecule has 0 aliphatic carbocycles. The predicted octanol–water partition coefficient (Wildman–Crippen LogP) is 1.82. The van der Waals surface area contributed by atoms with Crippen molar-refractivity contribution in [3.8, 4) is 0 Å². The molecular formula is C11H23N5OS. The molecule has 7 heteroatoms. The maximum Gasteiger partial charge on any atom is 0.238 e. The summed E-state index contributed by atoms with van der Waals surface area (Å²) in [5, 5.41) is 9.05. The van der Waals surface area contributed by atoms with Crippen LogP contribution in [-0.4, -0.2) is 40.9 Å². The smallest absolute Gasteiger partial charge is 0.238 e. The monoisotopic (exact) mass is 273 g/mol. The molecule has 6 nitrogen and oxygen atoms in total. The summed E-state index contributed by atoms with van der Waals surface area (Å²) in [5.41, 5.74) is 2.30. The van der Waals surface area contributed by atoms with Crippen LogP contribution in [0.25, 0.3) is 0 Å². The number of amides is 1. The van der Waals surface area contributed by atoms with Gasteiger partial charge in [0.05, 0.1) is 0 Å². The minimum Gasteiger partial charge on any atom is -0.342 e. The molecule has 0 spiro atoms. The number of unbranched alkanes of at least 4 members (excludes halogenated alkanes) is 2. The van der Waals surface area contributed by atoms with Crippen molar-refractivity contribution in [1.82, 2.24) is 15.4 Å². The van der Waals surface area contributed by atoms with Crippen LogP contribution in [0, 0.1) is 0 Å². The van der Waals surface area contributed by atoms with Gasteiger partial charge < -0.3 is 4.90 Å². The molecule has 1 atom stereocenters. The Bertz CT molecular complexity index is 279. The second-order valence-electron chi connectivity index (χ2n) is 4.38. The Morgan fingerprint density at radius 2 is 1.94 bits per heavy atom. The molecule has 104 valence electrons. The van der Waals surface area contributed by atoms with Crippen LogP contribution in [0.4, 0.5) is 0 Å². The number of nitrogens with zero attached hydrogens (tertiary/aromatic N) is 4. The molecule has 0 fully saturated rings. The lowest BCUT2D eigenvalue weighted by molar-refractivity contribution is -0.133. The lowest BCUT2D eigenvalue weighted by Gasteiger charge is -2.25. The Morgan fingerprint density at radius 1 is 1.33 bits per heavy atom. The Balaban J connectivity index is 2.41. The fourth-order valence-corrected chi connectivity index (χ4v) is 1.86. The van der Waals surface area contributed by atoms with Gasteiger partial charge in [0.25, 0.3) is 0 Å². The number of thiol groups is 1. The molecule has 18 heavy (non-hydrogen) atoms. The Labute approximate surface area is 114 Å². The SMILES string of the molecule is CCCCN(CCCC)C(=O)CN1NN=NC1S. The molecule has 0 saturated heterocycles. The van der Waals surface area contributed by atoms with Gasteiger partial charge in [0.1, 0.15) is 6.54 Å². The molecule has 0 radical (unpaired) electrons. The molecule has 1 heterocycles. The van der Waals surface area contributed by atoms with Crippen molar-refractivity contribution in [2.75, 3.05) is 19.6 Å². The van der Waals surface area contributed by atoms with Gasteiger partial charge in [-0.15, -0.1) is 17.7 Å². The number of hydrogen-bond donors (Lipinski definition) is 2. The third kappa shape index (κ3) is 4.81. The summed E-state index contributed by atoms with van der Waals surface area (Å²) in [6.45, 7) is 6.18. The lowest BCUT2D eigenvalue weighted by atomic mass is 10.2. The van der Waals surface area contributed by atoms with Crippen LogP contribution < -0.4 is 5.53 Å². The molecule has 0 saturated carbocycles. The quantitative estimate of drug-likeness (QED) is 0.663. The molecule has 0 aromatic carbocycles. The Hall–Kier alpha value is -0.820. The van der Waals surface area contributed by atoms with E-state index in [0.29, 0.717) is 0 Å². The number of hydrazine groups is 1. The van der Waals surface area contributed by atoms with Crippen LogP contribution in [0.1, 0.15) is 39.5 Å². The fraction of sp³-hybridized carbons (Fsp3) is 0.909. The Kier molecular flexibility index (Phi) is 7.04. The van der Waals surface area contributed by atoms with Crippen molar-refractivity contribution >= 4 is 18.5 Å². The molecule has 1 aliphatic heterocycles. The van der Waals surface area contributed by atoms with E-state index in [1.54, 1.807) is 5.01 Å². The van der Waals surface area contributed by atoms with Crippen LogP contribution in [-0.2, 0) is 4.79 Å². The number of carbonyl (C=O) groups is 1. The highest BCUT2D eigenvalue weighted by Crippen LogP contribution is 2.10. The largest absolute Gasteiger partial charge is 0.342 e. The van der Waals surface area contributed by atoms with Crippen molar-refractivity contribution in [2.24, 2.45) is 10.3 Å². The first kappa shape index (κ1) is 15.2. The zero-order valence-corrected chi connectivity index (χ0v) is 12.1. The van der Waals surface area contributed by atoms with E-state index in [2.05, 4.69) is 42.3 Å². The maximum absolute atomic E-state index is 12.2. The number of hydrogen-bond acceptors (Lipinski definition) is 6. The number of nitrogens with one attached hydrogen (secondary N) is 1. The molecule has 1 N–H and O–H groups in total. The van der Waals surface area contributed by atoms with Crippen LogP contribution in [0.15, 0.2) is 10.3 Å². The zero-order chi connectivity index (χ0) is 13.4. The normalized spacial score (nSPS) is 18.9. The number of carbonyl (C=O) groups excluding carboxylic acids is 1. The van der Waals surface area contributed by atoms with Gasteiger partial charge in [0.15, 0.2) is 5.50 Å². The molecule has 0 bridgehead atoms. The van der Waals surface area contributed by atoms with E-state index in [9.17, 15) is 4.79 Å². The molecule has 1 amide bonds. The highest BCUT2D eigenvalue weighted by molar-refractivity contribution is 7.80. The zero-order valence-electron chi connectivity index (χ0n) is 11.2. The number of rotatable bonds is 8. The van der Waals surface area contributed by atoms with Gasteiger partial charge >= 0.3 is 0 Å². The van der Waals surface area contributed by atoms with Gasteiger partial charge in [-0.05, 0) is 12.8 Å². The molecule has 1 unspecified atom stereocenters. The first-order chi connectivity index (χ1) is 8.69. The van der Waals surface area contributed by atoms with Gasteiger partial charge in [0.2, 0.25) is 5.91 Å². The Morgan fingerprint density at radius 3 is 2.39 bits per heavy atom. The predicted molar refractivity (Wildman–Crippen MR) is 73.9 cm³/mol. The molecular weight excluding hydrogens is 250 g/mol. The summed E-state index contributed by atoms with van der Waals surface area (Å²) in [6.07, 6.45) is 4.28. The van der Waals surface area contributed by atoms with E-state index in [-0.39, 0.29) is 17.9 Å². The summed E-state index contributed by atoms with van der Waals surface area (Å²) < 4.78 is 0. The first-order valence-electron chi connectivity index (χ1n) is 6.57. The topological polar surface area (TPSA) is 60.3 Å². The summed E-state index contributed by atoms with van der Waals surface area (Å²) in [6, 6.07) is 0. The summed E-state index contributed by atoms with van der Waals surface area (Å²) >= 11 is 4.20. The van der Waals surface area contributed by atoms with Crippen molar-refractivity contribution in [3.05, 3.63) is 0 Å². The average Bonchev–Trinajstić information content (AvgIpc) is 2.75. The van der Waals surface area contributed by atoms with E-state index in [1.807, 2.05) is 4.90 Å². The summed E-state index contributed by atoms with van der Waals surface area (Å²) in [7, 11) is 0. The van der Waals surface area contributed by atoms with Crippen molar-refractivity contribution in [3.63, 3.8) is 0 Å². The van der Waals surface area contributed by atoms with Crippen LogP contribution in [0.3, 0.4) is 0 Å². The third-order valence-electron chi connectivity index (χ3n) is 2.83. The minimum absolute atomic E-state index is 0.107. The van der Waals surface area contributed by atoms with Crippen molar-refractivity contribution in [2.45, 2.75) is 45.0 Å². The molecule has 1 rings (SSSR count). The highest BCUT2D eigenvalue weighted by atomic mass is 32.1. The molecule has 0 aromatic rings. The van der Waals surface area contributed by atoms with E-state index < -0.39 is 0 Å². The summed E-state index contributed by atoms with van der Waals surface area (Å²) in [4.78, 5) is 14.1. The van der Waals surface area contributed by atoms with Gasteiger partial charge in [-0.25, -0.2) is 5.53 Å². The maximum atomic E-state index is 12.2. The third-order valence-corrected chi connectivity index (χ3v) is 3.22. The van der Waals surface area contributed by atoms with Gasteiger partial charge in [0, 0.05) is 13.1 Å². The highest BCUT2D eigenvalue weighted by Gasteiger charge is 2.23. The van der Waals surface area contributed by atoms with E-state index >= 15 is 0 Å². The second-order valence-corrected chi connectivity index (χ2v) is 4.84. The summed E-state index contributed by atoms with van der Waals surface area (Å²) in [5.74, 6) is 0.107. The minimum atomic E-state index is -0.367. The van der Waals surface area contributed by atoms with Crippen molar-refractivity contribution in [1.29, 1.82) is 0 Å². The van der Waals surface area contributed by atoms with Gasteiger partial charge in [-0.3, -0.25) is 4.79 Å². The first-order valence-corrected chi connectivity index (χ1v) is 7.08. The molecule has 0 aromatic heterocycles. The van der Waals surface area contributed by atoms with Crippen LogP contribution in [0.2, 0.25) is 0 Å².